The van der Waals surface area contributed by atoms with Crippen molar-refractivity contribution in [1.82, 2.24) is 9.88 Å². The number of pyridine rings is 1. The van der Waals surface area contributed by atoms with Crippen LogP contribution in [0, 0.1) is 17.7 Å². The Bertz CT molecular complexity index is 1200. The second-order valence-corrected chi connectivity index (χ2v) is 8.76. The van der Waals surface area contributed by atoms with E-state index in [-0.39, 0.29) is 17.6 Å². The van der Waals surface area contributed by atoms with Gasteiger partial charge in [0.25, 0.3) is 0 Å². The second kappa shape index (κ2) is 10.9. The summed E-state index contributed by atoms with van der Waals surface area (Å²) in [6, 6.07) is 9.67. The molecule has 35 heavy (non-hydrogen) atoms. The Balaban J connectivity index is 1.52. The summed E-state index contributed by atoms with van der Waals surface area (Å²) in [6.45, 7) is 9.51. The Hall–Kier alpha value is -3.39. The first-order valence-corrected chi connectivity index (χ1v) is 12.0. The van der Waals surface area contributed by atoms with Crippen LogP contribution in [0.25, 0.3) is 10.9 Å². The summed E-state index contributed by atoms with van der Waals surface area (Å²) < 4.78 is 32.2. The molecule has 0 radical (unpaired) electrons. The highest BCUT2D eigenvalue weighted by Crippen LogP contribution is 2.39. The first kappa shape index (κ1) is 24.7. The van der Waals surface area contributed by atoms with Gasteiger partial charge in [-0.05, 0) is 49.7 Å². The van der Waals surface area contributed by atoms with Gasteiger partial charge in [0.15, 0.2) is 23.1 Å². The predicted molar refractivity (Wildman–Crippen MR) is 134 cm³/mol. The van der Waals surface area contributed by atoms with Gasteiger partial charge in [-0.2, -0.15) is 0 Å². The fourth-order valence-corrected chi connectivity index (χ4v) is 4.02. The van der Waals surface area contributed by atoms with Crippen molar-refractivity contribution >= 4 is 22.5 Å². The van der Waals surface area contributed by atoms with Crippen molar-refractivity contribution in [2.75, 3.05) is 38.7 Å². The summed E-state index contributed by atoms with van der Waals surface area (Å²) in [4.78, 5) is 18.8. The highest BCUT2D eigenvalue weighted by atomic mass is 19.1. The normalized spacial score (nSPS) is 16.9. The van der Waals surface area contributed by atoms with E-state index in [1.165, 1.54) is 12.1 Å². The average molecular weight is 482 g/mol. The zero-order valence-electron chi connectivity index (χ0n) is 20.6. The van der Waals surface area contributed by atoms with E-state index in [0.29, 0.717) is 46.4 Å². The molecule has 0 aliphatic heterocycles. The summed E-state index contributed by atoms with van der Waals surface area (Å²) in [5.41, 5.74) is 1.05. The van der Waals surface area contributed by atoms with Gasteiger partial charge in [0.1, 0.15) is 12.4 Å². The van der Waals surface area contributed by atoms with Crippen LogP contribution in [-0.2, 0) is 4.79 Å². The Morgan fingerprint density at radius 2 is 1.89 bits per heavy atom. The molecular formula is C27H32FN3O4. The molecule has 186 valence electrons. The molecule has 8 heteroatoms. The Morgan fingerprint density at radius 1 is 1.11 bits per heavy atom. The van der Waals surface area contributed by atoms with E-state index in [4.69, 9.17) is 14.2 Å². The lowest BCUT2D eigenvalue weighted by Crippen LogP contribution is -2.27. The molecule has 2 atom stereocenters. The van der Waals surface area contributed by atoms with Crippen LogP contribution in [0.1, 0.15) is 27.2 Å². The molecule has 1 saturated carbocycles. The molecule has 2 aromatic carbocycles. The summed E-state index contributed by atoms with van der Waals surface area (Å²) in [6.07, 6.45) is 2.48. The number of hydrogen-bond donors (Lipinski definition) is 1. The maximum Gasteiger partial charge on any atom is 0.227 e. The number of carbonyl (C=O) groups excluding carboxylic acids is 1. The van der Waals surface area contributed by atoms with Crippen molar-refractivity contribution in [3.05, 3.63) is 48.4 Å². The Morgan fingerprint density at radius 3 is 2.54 bits per heavy atom. The molecule has 2 unspecified atom stereocenters. The fraction of sp³-hybridized carbons (Fsp3) is 0.407. The second-order valence-electron chi connectivity index (χ2n) is 8.76. The van der Waals surface area contributed by atoms with Crippen LogP contribution in [0.5, 0.6) is 23.0 Å². The molecular weight excluding hydrogens is 449 g/mol. The van der Waals surface area contributed by atoms with Crippen LogP contribution in [0.15, 0.2) is 42.6 Å². The summed E-state index contributed by atoms with van der Waals surface area (Å²) >= 11 is 0. The average Bonchev–Trinajstić information content (AvgIpc) is 3.60. The summed E-state index contributed by atoms with van der Waals surface area (Å²) in [5.74, 6) is 1.37. The summed E-state index contributed by atoms with van der Waals surface area (Å²) in [5, 5.41) is 3.44. The van der Waals surface area contributed by atoms with Crippen molar-refractivity contribution < 1.29 is 23.4 Å². The molecule has 3 aromatic rings. The number of anilines is 1. The number of amides is 1. The van der Waals surface area contributed by atoms with Gasteiger partial charge in [-0.3, -0.25) is 9.78 Å². The minimum absolute atomic E-state index is 0.0123. The van der Waals surface area contributed by atoms with Gasteiger partial charge < -0.3 is 24.4 Å². The number of ether oxygens (including phenoxy) is 3. The Kier molecular flexibility index (Phi) is 7.70. The number of nitrogens with one attached hydrogen (secondary N) is 1. The topological polar surface area (TPSA) is 72.9 Å². The van der Waals surface area contributed by atoms with E-state index in [2.05, 4.69) is 29.0 Å². The monoisotopic (exact) mass is 481 g/mol. The van der Waals surface area contributed by atoms with Gasteiger partial charge in [-0.1, -0.05) is 20.8 Å². The van der Waals surface area contributed by atoms with Gasteiger partial charge >= 0.3 is 0 Å². The maximum absolute atomic E-state index is 14.8. The molecule has 0 saturated heterocycles. The zero-order valence-corrected chi connectivity index (χ0v) is 20.6. The van der Waals surface area contributed by atoms with Gasteiger partial charge in [-0.25, -0.2) is 4.39 Å². The molecule has 1 amide bonds. The van der Waals surface area contributed by atoms with E-state index in [1.54, 1.807) is 37.6 Å². The lowest BCUT2D eigenvalue weighted by molar-refractivity contribution is -0.117. The fourth-order valence-electron chi connectivity index (χ4n) is 4.02. The minimum Gasteiger partial charge on any atom is -0.493 e. The van der Waals surface area contributed by atoms with E-state index >= 15 is 0 Å². The smallest absolute Gasteiger partial charge is 0.227 e. The van der Waals surface area contributed by atoms with Crippen LogP contribution in [-0.4, -0.2) is 49.1 Å². The third kappa shape index (κ3) is 5.82. The van der Waals surface area contributed by atoms with Crippen LogP contribution in [0.3, 0.4) is 0 Å². The highest BCUT2D eigenvalue weighted by molar-refractivity contribution is 5.94. The zero-order chi connectivity index (χ0) is 24.9. The van der Waals surface area contributed by atoms with Crippen LogP contribution < -0.4 is 19.5 Å². The first-order chi connectivity index (χ1) is 16.9. The lowest BCUT2D eigenvalue weighted by Gasteiger charge is -2.19. The first-order valence-electron chi connectivity index (χ1n) is 12.0. The van der Waals surface area contributed by atoms with Crippen LogP contribution >= 0.6 is 0 Å². The number of nitrogens with zero attached hydrogens (tertiary/aromatic N) is 2. The number of methoxy groups -OCH3 is 1. The third-order valence-corrected chi connectivity index (χ3v) is 6.41. The number of hydrogen-bond acceptors (Lipinski definition) is 6. The maximum atomic E-state index is 14.8. The summed E-state index contributed by atoms with van der Waals surface area (Å²) in [7, 11) is 1.57. The van der Waals surface area contributed by atoms with Gasteiger partial charge in [0.2, 0.25) is 5.91 Å². The predicted octanol–water partition coefficient (Wildman–Crippen LogP) is 5.49. The third-order valence-electron chi connectivity index (χ3n) is 6.41. The number of halogens is 1. The molecule has 1 aliphatic rings. The van der Waals surface area contributed by atoms with E-state index in [0.717, 1.165) is 26.1 Å². The molecule has 1 fully saturated rings. The van der Waals surface area contributed by atoms with Crippen molar-refractivity contribution in [2.45, 2.75) is 27.2 Å². The van der Waals surface area contributed by atoms with Crippen molar-refractivity contribution in [1.29, 1.82) is 0 Å². The number of likely N-dealkylation sites (N-methyl/N-ethyl adjacent to an activating group) is 1. The quantitative estimate of drug-likeness (QED) is 0.390. The molecule has 0 bridgehead atoms. The van der Waals surface area contributed by atoms with Crippen molar-refractivity contribution in [3.63, 3.8) is 0 Å². The van der Waals surface area contributed by atoms with Crippen molar-refractivity contribution in [3.8, 4) is 23.0 Å². The minimum atomic E-state index is -0.570. The van der Waals surface area contributed by atoms with Crippen molar-refractivity contribution in [2.24, 2.45) is 11.8 Å². The highest BCUT2D eigenvalue weighted by Gasteiger charge is 2.39. The van der Waals surface area contributed by atoms with E-state index in [9.17, 15) is 9.18 Å². The number of fused-ring (bicyclic) bond motifs is 1. The van der Waals surface area contributed by atoms with Gasteiger partial charge in [0.05, 0.1) is 12.6 Å². The van der Waals surface area contributed by atoms with Gasteiger partial charge in [-0.15, -0.1) is 0 Å². The number of rotatable bonds is 11. The molecule has 4 rings (SSSR count). The van der Waals surface area contributed by atoms with Crippen LogP contribution in [0.2, 0.25) is 0 Å². The Labute approximate surface area is 205 Å². The SMILES string of the molecule is CCN(CC)CCOc1cc2nccc(Oc3ccc(NC(=O)C4CC4C)cc3F)c2cc1OC. The molecule has 7 nitrogen and oxygen atoms in total. The molecule has 1 aromatic heterocycles. The molecule has 1 N–H and O–H groups in total. The van der Waals surface area contributed by atoms with Crippen LogP contribution in [0.4, 0.5) is 10.1 Å². The number of benzene rings is 2. The van der Waals surface area contributed by atoms with E-state index in [1.807, 2.05) is 6.92 Å². The number of aromatic nitrogens is 1. The lowest BCUT2D eigenvalue weighted by atomic mass is 10.1. The molecule has 1 heterocycles. The largest absolute Gasteiger partial charge is 0.493 e. The molecule has 0 spiro atoms. The standard InChI is InChI=1S/C27H32FN3O4/c1-5-31(6-2)11-12-34-26-16-22-20(15-25(26)33-4)23(9-10-29-22)35-24-8-7-18(14-21(24)28)30-27(32)19-13-17(19)3/h7-10,14-17,19H,5-6,11-13H2,1-4H3,(H,30,32). The van der Waals surface area contributed by atoms with Gasteiger partial charge in [0, 0.05) is 41.9 Å². The van der Waals surface area contributed by atoms with E-state index < -0.39 is 5.82 Å². The molecule has 1 aliphatic carbocycles. The number of carbonyl (C=O) groups is 1.